The number of pyridine rings is 1. The summed E-state index contributed by atoms with van der Waals surface area (Å²) in [6.45, 7) is 7.79. The van der Waals surface area contributed by atoms with Crippen molar-refractivity contribution >= 4 is 17.4 Å². The number of amides is 1. The second kappa shape index (κ2) is 6.18. The number of aromatic amines is 1. The molecule has 106 valence electrons. The average molecular weight is 273 g/mol. The van der Waals surface area contributed by atoms with Crippen molar-refractivity contribution in [3.8, 4) is 0 Å². The number of carbonyl (C=O) groups is 1. The topological polar surface area (TPSA) is 73.9 Å². The first-order valence-corrected chi connectivity index (χ1v) is 6.68. The van der Waals surface area contributed by atoms with Crippen LogP contribution in [0.2, 0.25) is 0 Å². The van der Waals surface area contributed by atoms with Gasteiger partial charge in [0.15, 0.2) is 0 Å². The summed E-state index contributed by atoms with van der Waals surface area (Å²) < 4.78 is 0. The normalized spacial score (nSPS) is 10.3. The number of aromatic nitrogens is 3. The first-order valence-electron chi connectivity index (χ1n) is 6.68. The minimum absolute atomic E-state index is 0.186. The lowest BCUT2D eigenvalue weighted by molar-refractivity contribution is 0.102. The number of rotatable bonds is 5. The standard InChI is InChI=1S/C14H19N5O/c1-4-19(5-2)13-7-6-11(8-15-13)17-14(20)12-9-16-18-10(12)3/h6-9H,4-5H2,1-3H3,(H,16,18)(H,17,20). The second-order valence-electron chi connectivity index (χ2n) is 4.44. The van der Waals surface area contributed by atoms with Crippen molar-refractivity contribution in [3.63, 3.8) is 0 Å². The molecule has 0 saturated heterocycles. The summed E-state index contributed by atoms with van der Waals surface area (Å²) in [6.07, 6.45) is 3.18. The lowest BCUT2D eigenvalue weighted by Crippen LogP contribution is -2.22. The molecule has 0 bridgehead atoms. The lowest BCUT2D eigenvalue weighted by atomic mass is 10.2. The number of nitrogens with zero attached hydrogens (tertiary/aromatic N) is 3. The molecule has 2 heterocycles. The summed E-state index contributed by atoms with van der Waals surface area (Å²) in [5, 5.41) is 9.38. The third-order valence-electron chi connectivity index (χ3n) is 3.17. The molecule has 0 spiro atoms. The van der Waals surface area contributed by atoms with Crippen LogP contribution in [0.3, 0.4) is 0 Å². The summed E-state index contributed by atoms with van der Waals surface area (Å²) in [4.78, 5) is 18.5. The maximum atomic E-state index is 12.0. The summed E-state index contributed by atoms with van der Waals surface area (Å²) in [5.41, 5.74) is 1.96. The molecule has 2 N–H and O–H groups in total. The molecule has 2 aromatic rings. The Morgan fingerprint density at radius 2 is 2.05 bits per heavy atom. The molecular formula is C14H19N5O. The van der Waals surface area contributed by atoms with Gasteiger partial charge in [0.25, 0.3) is 5.91 Å². The van der Waals surface area contributed by atoms with Crippen LogP contribution >= 0.6 is 0 Å². The largest absolute Gasteiger partial charge is 0.357 e. The van der Waals surface area contributed by atoms with Crippen LogP contribution in [0.15, 0.2) is 24.5 Å². The van der Waals surface area contributed by atoms with Crippen LogP contribution in [-0.2, 0) is 0 Å². The molecule has 2 aromatic heterocycles. The van der Waals surface area contributed by atoms with E-state index in [2.05, 4.69) is 39.2 Å². The fourth-order valence-electron chi connectivity index (χ4n) is 1.97. The molecule has 1 amide bonds. The highest BCUT2D eigenvalue weighted by atomic mass is 16.1. The maximum absolute atomic E-state index is 12.0. The van der Waals surface area contributed by atoms with Crippen LogP contribution in [0.1, 0.15) is 29.9 Å². The third kappa shape index (κ3) is 2.96. The van der Waals surface area contributed by atoms with Gasteiger partial charge >= 0.3 is 0 Å². The Kier molecular flexibility index (Phi) is 4.34. The van der Waals surface area contributed by atoms with E-state index in [-0.39, 0.29) is 5.91 Å². The van der Waals surface area contributed by atoms with Gasteiger partial charge in [-0.25, -0.2) is 4.98 Å². The van der Waals surface area contributed by atoms with Crippen LogP contribution < -0.4 is 10.2 Å². The van der Waals surface area contributed by atoms with Crippen molar-refractivity contribution in [2.45, 2.75) is 20.8 Å². The zero-order valence-electron chi connectivity index (χ0n) is 12.0. The Morgan fingerprint density at radius 3 is 2.55 bits per heavy atom. The smallest absolute Gasteiger partial charge is 0.259 e. The molecular weight excluding hydrogens is 254 g/mol. The molecule has 0 aliphatic rings. The van der Waals surface area contributed by atoms with Crippen LogP contribution in [0.5, 0.6) is 0 Å². The van der Waals surface area contributed by atoms with Gasteiger partial charge in [-0.05, 0) is 32.9 Å². The molecule has 20 heavy (non-hydrogen) atoms. The minimum atomic E-state index is -0.186. The Balaban J connectivity index is 2.08. The molecule has 0 atom stereocenters. The summed E-state index contributed by atoms with van der Waals surface area (Å²) in [6, 6.07) is 3.76. The van der Waals surface area contributed by atoms with Gasteiger partial charge in [-0.2, -0.15) is 5.10 Å². The van der Waals surface area contributed by atoms with Crippen molar-refractivity contribution in [2.75, 3.05) is 23.3 Å². The highest BCUT2D eigenvalue weighted by molar-refractivity contribution is 6.04. The molecule has 0 aliphatic carbocycles. The quantitative estimate of drug-likeness (QED) is 0.876. The summed E-state index contributed by atoms with van der Waals surface area (Å²) in [5.74, 6) is 0.723. The zero-order valence-corrected chi connectivity index (χ0v) is 12.0. The van der Waals surface area contributed by atoms with Crippen LogP contribution in [-0.4, -0.2) is 34.2 Å². The first-order chi connectivity index (χ1) is 9.65. The molecule has 0 unspecified atom stereocenters. The van der Waals surface area contributed by atoms with Gasteiger partial charge in [0.05, 0.1) is 23.6 Å². The molecule has 0 aromatic carbocycles. The van der Waals surface area contributed by atoms with E-state index in [4.69, 9.17) is 0 Å². The number of carbonyl (C=O) groups excluding carboxylic acids is 1. The van der Waals surface area contributed by atoms with E-state index in [1.165, 1.54) is 6.20 Å². The fourth-order valence-corrected chi connectivity index (χ4v) is 1.97. The van der Waals surface area contributed by atoms with Crippen molar-refractivity contribution < 1.29 is 4.79 Å². The average Bonchev–Trinajstić information content (AvgIpc) is 2.88. The molecule has 0 aliphatic heterocycles. The SMILES string of the molecule is CCN(CC)c1ccc(NC(=O)c2cn[nH]c2C)cn1. The Labute approximate surface area is 118 Å². The molecule has 0 fully saturated rings. The van der Waals surface area contributed by atoms with Crippen molar-refractivity contribution in [1.82, 2.24) is 15.2 Å². The minimum Gasteiger partial charge on any atom is -0.357 e. The second-order valence-corrected chi connectivity index (χ2v) is 4.44. The van der Waals surface area contributed by atoms with Crippen LogP contribution in [0.25, 0.3) is 0 Å². The molecule has 0 saturated carbocycles. The van der Waals surface area contributed by atoms with Gasteiger partial charge in [-0.3, -0.25) is 9.89 Å². The predicted molar refractivity (Wildman–Crippen MR) is 79.1 cm³/mol. The number of hydrogen-bond donors (Lipinski definition) is 2. The highest BCUT2D eigenvalue weighted by Gasteiger charge is 2.11. The zero-order chi connectivity index (χ0) is 14.5. The number of anilines is 2. The third-order valence-corrected chi connectivity index (χ3v) is 3.17. The number of nitrogens with one attached hydrogen (secondary N) is 2. The highest BCUT2D eigenvalue weighted by Crippen LogP contribution is 2.15. The predicted octanol–water partition coefficient (Wildman–Crippen LogP) is 2.21. The van der Waals surface area contributed by atoms with Crippen molar-refractivity contribution in [1.29, 1.82) is 0 Å². The van der Waals surface area contributed by atoms with Crippen molar-refractivity contribution in [3.05, 3.63) is 35.8 Å². The molecule has 6 heteroatoms. The van der Waals surface area contributed by atoms with E-state index in [1.54, 1.807) is 6.20 Å². The van der Waals surface area contributed by atoms with Gasteiger partial charge in [0.1, 0.15) is 5.82 Å². The Hall–Kier alpha value is -2.37. The van der Waals surface area contributed by atoms with Crippen molar-refractivity contribution in [2.24, 2.45) is 0 Å². The summed E-state index contributed by atoms with van der Waals surface area (Å²) >= 11 is 0. The van der Waals surface area contributed by atoms with Crippen LogP contribution in [0, 0.1) is 6.92 Å². The number of hydrogen-bond acceptors (Lipinski definition) is 4. The number of aryl methyl sites for hydroxylation is 1. The molecule has 0 radical (unpaired) electrons. The Bertz CT molecular complexity index is 572. The van der Waals surface area contributed by atoms with Crippen LogP contribution in [0.4, 0.5) is 11.5 Å². The first kappa shape index (κ1) is 14.0. The number of H-pyrrole nitrogens is 1. The van der Waals surface area contributed by atoms with Gasteiger partial charge in [-0.1, -0.05) is 0 Å². The van der Waals surface area contributed by atoms with E-state index in [1.807, 2.05) is 19.1 Å². The van der Waals surface area contributed by atoms with E-state index in [9.17, 15) is 4.79 Å². The van der Waals surface area contributed by atoms with Gasteiger partial charge < -0.3 is 10.2 Å². The Morgan fingerprint density at radius 1 is 1.30 bits per heavy atom. The van der Waals surface area contributed by atoms with E-state index < -0.39 is 0 Å². The maximum Gasteiger partial charge on any atom is 0.259 e. The van der Waals surface area contributed by atoms with E-state index in [0.29, 0.717) is 11.3 Å². The monoisotopic (exact) mass is 273 g/mol. The lowest BCUT2D eigenvalue weighted by Gasteiger charge is -2.19. The molecule has 2 rings (SSSR count). The molecule has 6 nitrogen and oxygen atoms in total. The van der Waals surface area contributed by atoms with Gasteiger partial charge in [0.2, 0.25) is 0 Å². The fraction of sp³-hybridized carbons (Fsp3) is 0.357. The van der Waals surface area contributed by atoms with Gasteiger partial charge in [0, 0.05) is 18.8 Å². The van der Waals surface area contributed by atoms with E-state index >= 15 is 0 Å². The van der Waals surface area contributed by atoms with E-state index in [0.717, 1.165) is 24.6 Å². The summed E-state index contributed by atoms with van der Waals surface area (Å²) in [7, 11) is 0. The van der Waals surface area contributed by atoms with Gasteiger partial charge in [-0.15, -0.1) is 0 Å².